The van der Waals surface area contributed by atoms with Crippen LogP contribution in [0, 0.1) is 12.8 Å². The van der Waals surface area contributed by atoms with Crippen LogP contribution in [0.15, 0.2) is 22.7 Å². The van der Waals surface area contributed by atoms with Gasteiger partial charge in [-0.1, -0.05) is 24.4 Å². The number of benzene rings is 1. The van der Waals surface area contributed by atoms with E-state index in [1.54, 1.807) is 0 Å². The van der Waals surface area contributed by atoms with Crippen LogP contribution in [-0.4, -0.2) is 29.3 Å². The van der Waals surface area contributed by atoms with Crippen LogP contribution >= 0.6 is 0 Å². The van der Waals surface area contributed by atoms with Gasteiger partial charge in [0.1, 0.15) is 6.04 Å². The molecule has 0 bridgehead atoms. The molecule has 6 nitrogen and oxygen atoms in total. The van der Waals surface area contributed by atoms with E-state index < -0.39 is 0 Å². The number of aryl methyl sites for hydroxylation is 1. The Labute approximate surface area is 158 Å². The number of amides is 1. The van der Waals surface area contributed by atoms with Gasteiger partial charge in [0.25, 0.3) is 0 Å². The number of hydrogen-bond donors (Lipinski definition) is 0. The van der Waals surface area contributed by atoms with E-state index in [4.69, 9.17) is 14.0 Å². The van der Waals surface area contributed by atoms with Crippen molar-refractivity contribution in [2.75, 3.05) is 13.3 Å². The number of carbonyl (C=O) groups excluding carboxylic acids is 1. The van der Waals surface area contributed by atoms with Crippen molar-refractivity contribution in [2.45, 2.75) is 51.5 Å². The Kier molecular flexibility index (Phi) is 4.06. The summed E-state index contributed by atoms with van der Waals surface area (Å²) in [5, 5.41) is 4.07. The second-order valence-corrected chi connectivity index (χ2v) is 7.79. The topological polar surface area (TPSA) is 64.8 Å². The quantitative estimate of drug-likeness (QED) is 0.807. The number of aromatic nitrogens is 1. The summed E-state index contributed by atoms with van der Waals surface area (Å²) in [5.41, 5.74) is 3.07. The monoisotopic (exact) mass is 368 g/mol. The average molecular weight is 368 g/mol. The van der Waals surface area contributed by atoms with Crippen molar-refractivity contribution >= 4 is 5.91 Å². The molecule has 27 heavy (non-hydrogen) atoms. The Bertz CT molecular complexity index is 869. The number of rotatable bonds is 2. The van der Waals surface area contributed by atoms with Gasteiger partial charge in [0, 0.05) is 18.5 Å². The normalized spacial score (nSPS) is 22.0. The number of ether oxygens (including phenoxy) is 2. The Morgan fingerprint density at radius 1 is 1.11 bits per heavy atom. The zero-order chi connectivity index (χ0) is 18.4. The third-order valence-electron chi connectivity index (χ3n) is 6.02. The Morgan fingerprint density at radius 3 is 2.63 bits per heavy atom. The van der Waals surface area contributed by atoms with E-state index in [1.165, 1.54) is 12.0 Å². The molecule has 1 aliphatic carbocycles. The fourth-order valence-corrected chi connectivity index (χ4v) is 4.65. The summed E-state index contributed by atoms with van der Waals surface area (Å²) in [6.45, 7) is 2.84. The maximum Gasteiger partial charge on any atom is 0.231 e. The molecule has 1 amide bonds. The van der Waals surface area contributed by atoms with Crippen LogP contribution in [0.1, 0.15) is 60.7 Å². The molecule has 5 rings (SSSR count). The minimum absolute atomic E-state index is 0.126. The molecule has 0 spiro atoms. The fourth-order valence-electron chi connectivity index (χ4n) is 4.65. The molecule has 6 heteroatoms. The molecule has 1 saturated carbocycles. The number of carbonyl (C=O) groups is 1. The molecule has 1 aromatic heterocycles. The maximum absolute atomic E-state index is 13.4. The minimum atomic E-state index is -0.251. The van der Waals surface area contributed by atoms with Gasteiger partial charge in [-0.15, -0.1) is 0 Å². The van der Waals surface area contributed by atoms with Gasteiger partial charge in [-0.25, -0.2) is 0 Å². The molecule has 1 aromatic carbocycles. The Hall–Kier alpha value is -2.50. The van der Waals surface area contributed by atoms with Gasteiger partial charge >= 0.3 is 0 Å². The van der Waals surface area contributed by atoms with Crippen LogP contribution < -0.4 is 9.47 Å². The first kappa shape index (κ1) is 16.7. The average Bonchev–Trinajstić information content (AvgIpc) is 3.33. The van der Waals surface area contributed by atoms with Gasteiger partial charge in [0.15, 0.2) is 17.3 Å². The highest BCUT2D eigenvalue weighted by molar-refractivity contribution is 5.80. The summed E-state index contributed by atoms with van der Waals surface area (Å²) in [5.74, 6) is 2.62. The summed E-state index contributed by atoms with van der Waals surface area (Å²) in [6, 6.07) is 5.75. The van der Waals surface area contributed by atoms with Crippen LogP contribution in [0.5, 0.6) is 11.5 Å². The van der Waals surface area contributed by atoms with Crippen LogP contribution in [-0.2, 0) is 11.2 Å². The van der Waals surface area contributed by atoms with E-state index in [1.807, 2.05) is 24.0 Å². The summed E-state index contributed by atoms with van der Waals surface area (Å²) < 4.78 is 16.8. The van der Waals surface area contributed by atoms with Crippen molar-refractivity contribution in [1.82, 2.24) is 10.1 Å². The molecule has 0 radical (unpaired) electrons. The van der Waals surface area contributed by atoms with E-state index in [0.29, 0.717) is 6.54 Å². The van der Waals surface area contributed by atoms with Crippen LogP contribution in [0.2, 0.25) is 0 Å². The SMILES string of the molecule is Cc1cc(C2c3cc4c(cc3CCN2C(=O)C2CCCCC2)OCO4)on1. The number of nitrogens with zero attached hydrogens (tertiary/aromatic N) is 2. The molecule has 2 aliphatic heterocycles. The predicted molar refractivity (Wildman–Crippen MR) is 97.6 cm³/mol. The van der Waals surface area contributed by atoms with Crippen molar-refractivity contribution in [3.05, 3.63) is 40.8 Å². The minimum Gasteiger partial charge on any atom is -0.454 e. The fraction of sp³-hybridized carbons (Fsp3) is 0.524. The molecule has 3 aliphatic rings. The first-order valence-electron chi connectivity index (χ1n) is 9.87. The van der Waals surface area contributed by atoms with Gasteiger partial charge < -0.3 is 18.9 Å². The Balaban J connectivity index is 1.56. The highest BCUT2D eigenvalue weighted by atomic mass is 16.7. The van der Waals surface area contributed by atoms with Crippen molar-refractivity contribution in [3.63, 3.8) is 0 Å². The molecule has 0 saturated heterocycles. The summed E-state index contributed by atoms with van der Waals surface area (Å²) in [7, 11) is 0. The lowest BCUT2D eigenvalue weighted by Gasteiger charge is -2.38. The summed E-state index contributed by atoms with van der Waals surface area (Å²) >= 11 is 0. The van der Waals surface area contributed by atoms with E-state index in [0.717, 1.165) is 60.6 Å². The molecule has 1 atom stereocenters. The van der Waals surface area contributed by atoms with Crippen LogP contribution in [0.4, 0.5) is 0 Å². The second kappa shape index (κ2) is 6.59. The lowest BCUT2D eigenvalue weighted by molar-refractivity contribution is -0.139. The molecular formula is C21H24N2O4. The highest BCUT2D eigenvalue weighted by Gasteiger charge is 2.38. The number of hydrogen-bond acceptors (Lipinski definition) is 5. The Morgan fingerprint density at radius 2 is 1.89 bits per heavy atom. The molecular weight excluding hydrogens is 344 g/mol. The third kappa shape index (κ3) is 2.87. The molecule has 142 valence electrons. The summed E-state index contributed by atoms with van der Waals surface area (Å²) in [6.07, 6.45) is 6.32. The lowest BCUT2D eigenvalue weighted by Crippen LogP contribution is -2.44. The van der Waals surface area contributed by atoms with E-state index in [-0.39, 0.29) is 24.7 Å². The maximum atomic E-state index is 13.4. The lowest BCUT2D eigenvalue weighted by atomic mass is 9.85. The molecule has 3 heterocycles. The zero-order valence-corrected chi connectivity index (χ0v) is 15.6. The predicted octanol–water partition coefficient (Wildman–Crippen LogP) is 3.77. The second-order valence-electron chi connectivity index (χ2n) is 7.79. The van der Waals surface area contributed by atoms with Gasteiger partial charge in [-0.2, -0.15) is 0 Å². The standard InChI is InChI=1S/C21H24N2O4/c1-13-9-19(27-22-13)20-16-11-18-17(25-12-26-18)10-15(16)7-8-23(20)21(24)14-5-3-2-4-6-14/h9-11,14,20H,2-8,12H2,1H3. The highest BCUT2D eigenvalue weighted by Crippen LogP contribution is 2.43. The van der Waals surface area contributed by atoms with Gasteiger partial charge in [-0.05, 0) is 49.4 Å². The van der Waals surface area contributed by atoms with E-state index in [9.17, 15) is 4.79 Å². The zero-order valence-electron chi connectivity index (χ0n) is 15.6. The summed E-state index contributed by atoms with van der Waals surface area (Å²) in [4.78, 5) is 15.4. The smallest absolute Gasteiger partial charge is 0.231 e. The largest absolute Gasteiger partial charge is 0.454 e. The van der Waals surface area contributed by atoms with Gasteiger partial charge in [-0.3, -0.25) is 4.79 Å². The van der Waals surface area contributed by atoms with Gasteiger partial charge in [0.2, 0.25) is 12.7 Å². The van der Waals surface area contributed by atoms with Crippen LogP contribution in [0.3, 0.4) is 0 Å². The van der Waals surface area contributed by atoms with Crippen molar-refractivity contribution < 1.29 is 18.8 Å². The van der Waals surface area contributed by atoms with E-state index in [2.05, 4.69) is 11.2 Å². The first-order chi connectivity index (χ1) is 13.2. The molecule has 2 aromatic rings. The van der Waals surface area contributed by atoms with Crippen molar-refractivity contribution in [2.24, 2.45) is 5.92 Å². The molecule has 1 unspecified atom stereocenters. The number of fused-ring (bicyclic) bond motifs is 2. The first-order valence-corrected chi connectivity index (χ1v) is 9.87. The van der Waals surface area contributed by atoms with E-state index >= 15 is 0 Å². The third-order valence-corrected chi connectivity index (χ3v) is 6.02. The molecule has 1 fully saturated rings. The van der Waals surface area contributed by atoms with Crippen molar-refractivity contribution in [1.29, 1.82) is 0 Å². The van der Waals surface area contributed by atoms with Crippen LogP contribution in [0.25, 0.3) is 0 Å². The van der Waals surface area contributed by atoms with Crippen molar-refractivity contribution in [3.8, 4) is 11.5 Å². The molecule has 0 N–H and O–H groups in total. The van der Waals surface area contributed by atoms with Gasteiger partial charge in [0.05, 0.1) is 5.69 Å².